The fraction of sp³-hybridized carbons (Fsp3) is 0.350. The van der Waals surface area contributed by atoms with Gasteiger partial charge in [-0.25, -0.2) is 13.6 Å². The molecule has 0 saturated carbocycles. The number of hydrogen-bond donors (Lipinski definition) is 1. The van der Waals surface area contributed by atoms with Crippen LogP contribution in [0, 0.1) is 11.6 Å². The molecule has 1 aromatic carbocycles. The average Bonchev–Trinajstić information content (AvgIpc) is 3.37. The van der Waals surface area contributed by atoms with E-state index >= 15 is 0 Å². The van der Waals surface area contributed by atoms with Gasteiger partial charge in [-0.2, -0.15) is 9.97 Å². The van der Waals surface area contributed by atoms with E-state index in [9.17, 15) is 18.4 Å². The topological polar surface area (TPSA) is 112 Å². The maximum atomic E-state index is 13.9. The van der Waals surface area contributed by atoms with Crippen molar-refractivity contribution >= 4 is 22.8 Å². The average molecular weight is 465 g/mol. The molecule has 3 aromatic heterocycles. The van der Waals surface area contributed by atoms with Crippen molar-refractivity contribution < 1.29 is 13.3 Å². The number of unbranched alkanes of at least 4 members (excludes halogenated alkanes) is 1. The molecule has 4 rings (SSSR count). The number of H-pyrrole nitrogens is 1. The molecule has 0 aliphatic carbocycles. The summed E-state index contributed by atoms with van der Waals surface area (Å²) in [4.78, 5) is 36.4. The number of rotatable bonds is 8. The summed E-state index contributed by atoms with van der Waals surface area (Å²) >= 11 is 5.90. The Morgan fingerprint density at radius 1 is 1.12 bits per heavy atom. The summed E-state index contributed by atoms with van der Waals surface area (Å²) in [5, 5.41) is 3.86. The van der Waals surface area contributed by atoms with E-state index in [2.05, 4.69) is 20.1 Å². The predicted octanol–water partition coefficient (Wildman–Crippen LogP) is 3.30. The largest absolute Gasteiger partial charge is 0.334 e. The lowest BCUT2D eigenvalue weighted by Gasteiger charge is -2.10. The van der Waals surface area contributed by atoms with Gasteiger partial charge in [-0.15, -0.1) is 0 Å². The van der Waals surface area contributed by atoms with Crippen LogP contribution in [0.4, 0.5) is 8.78 Å². The van der Waals surface area contributed by atoms with Crippen LogP contribution in [-0.2, 0) is 19.5 Å². The number of fused-ring (bicyclic) bond motifs is 1. The third-order valence-electron chi connectivity index (χ3n) is 4.94. The Kier molecular flexibility index (Phi) is 6.17. The van der Waals surface area contributed by atoms with Crippen LogP contribution in [0.15, 0.2) is 32.3 Å². The smallest absolute Gasteiger partial charge is 0.332 e. The first-order valence-corrected chi connectivity index (χ1v) is 10.4. The van der Waals surface area contributed by atoms with Crippen molar-refractivity contribution in [1.82, 2.24) is 29.2 Å². The lowest BCUT2D eigenvalue weighted by Crippen LogP contribution is -2.40. The Hall–Kier alpha value is -3.34. The molecule has 0 spiro atoms. The molecular weight excluding hydrogens is 446 g/mol. The van der Waals surface area contributed by atoms with E-state index in [4.69, 9.17) is 16.1 Å². The molecule has 4 aromatic rings. The highest BCUT2D eigenvalue weighted by atomic mass is 35.5. The molecule has 12 heteroatoms. The Bertz CT molecular complexity index is 1390. The highest BCUT2D eigenvalue weighted by Crippen LogP contribution is 2.22. The molecule has 0 unspecified atom stereocenters. The third-order valence-corrected chi connectivity index (χ3v) is 5.12. The van der Waals surface area contributed by atoms with Gasteiger partial charge in [0.15, 0.2) is 17.0 Å². The van der Waals surface area contributed by atoms with Gasteiger partial charge in [0, 0.05) is 25.6 Å². The van der Waals surface area contributed by atoms with Crippen LogP contribution in [0.2, 0.25) is 5.28 Å². The summed E-state index contributed by atoms with van der Waals surface area (Å²) in [7, 11) is 0. The maximum Gasteiger partial charge on any atom is 0.332 e. The van der Waals surface area contributed by atoms with Crippen molar-refractivity contribution in [3.63, 3.8) is 0 Å². The molecule has 0 bridgehead atoms. The van der Waals surface area contributed by atoms with Crippen molar-refractivity contribution in [1.29, 1.82) is 0 Å². The second kappa shape index (κ2) is 9.03. The number of aryl methyl sites for hydroxylation is 2. The van der Waals surface area contributed by atoms with Crippen molar-refractivity contribution in [2.24, 2.45) is 0 Å². The normalized spacial score (nSPS) is 11.5. The van der Waals surface area contributed by atoms with Gasteiger partial charge in [0.2, 0.25) is 5.28 Å². The summed E-state index contributed by atoms with van der Waals surface area (Å²) in [5.74, 6) is -1.19. The van der Waals surface area contributed by atoms with Crippen molar-refractivity contribution in [3.05, 3.63) is 61.8 Å². The Balaban J connectivity index is 1.46. The quantitative estimate of drug-likeness (QED) is 0.316. The second-order valence-corrected chi connectivity index (χ2v) is 7.57. The van der Waals surface area contributed by atoms with E-state index in [1.165, 1.54) is 10.6 Å². The monoisotopic (exact) mass is 464 g/mol. The van der Waals surface area contributed by atoms with Gasteiger partial charge < -0.3 is 9.51 Å². The summed E-state index contributed by atoms with van der Waals surface area (Å²) in [6.45, 7) is 2.51. The van der Waals surface area contributed by atoms with Crippen molar-refractivity contribution in [2.45, 2.75) is 45.7 Å². The van der Waals surface area contributed by atoms with E-state index in [-0.39, 0.29) is 34.4 Å². The molecule has 0 amide bonds. The summed E-state index contributed by atoms with van der Waals surface area (Å²) in [5.41, 5.74) is -0.478. The van der Waals surface area contributed by atoms with Crippen molar-refractivity contribution in [2.75, 3.05) is 0 Å². The minimum Gasteiger partial charge on any atom is -0.334 e. The zero-order valence-corrected chi connectivity index (χ0v) is 17.8. The van der Waals surface area contributed by atoms with Gasteiger partial charge >= 0.3 is 5.69 Å². The molecule has 3 heterocycles. The van der Waals surface area contributed by atoms with Crippen LogP contribution in [0.25, 0.3) is 22.6 Å². The summed E-state index contributed by atoms with van der Waals surface area (Å²) < 4.78 is 34.6. The molecule has 0 aliphatic heterocycles. The highest BCUT2D eigenvalue weighted by Gasteiger charge is 2.17. The minimum atomic E-state index is -0.794. The van der Waals surface area contributed by atoms with Gasteiger partial charge in [-0.05, 0) is 43.0 Å². The van der Waals surface area contributed by atoms with Crippen LogP contribution in [0.5, 0.6) is 0 Å². The van der Waals surface area contributed by atoms with E-state index in [1.54, 1.807) is 0 Å². The van der Waals surface area contributed by atoms with Gasteiger partial charge in [0.05, 0.1) is 5.56 Å². The van der Waals surface area contributed by atoms with Crippen LogP contribution < -0.4 is 11.2 Å². The zero-order chi connectivity index (χ0) is 22.8. The molecule has 0 aliphatic rings. The number of imidazole rings is 1. The van der Waals surface area contributed by atoms with Gasteiger partial charge in [-0.1, -0.05) is 12.1 Å². The van der Waals surface area contributed by atoms with Crippen LogP contribution in [-0.4, -0.2) is 29.2 Å². The van der Waals surface area contributed by atoms with Gasteiger partial charge in [-0.3, -0.25) is 13.9 Å². The fourth-order valence-corrected chi connectivity index (χ4v) is 3.62. The standard InChI is InChI=1S/C20H19ClF2N6O3/c1-2-8-28-16-15(25-19(21)26-16)18(30)29(20(28)31)9-4-3-5-14-24-17(32-27-14)12-7-6-11(22)10-13(12)23/h6-7,10H,2-5,8-9H2,1H3,(H,25,26). The Morgan fingerprint density at radius 3 is 2.69 bits per heavy atom. The number of aromatic nitrogens is 6. The number of hydrogen-bond acceptors (Lipinski definition) is 6. The molecule has 9 nitrogen and oxygen atoms in total. The van der Waals surface area contributed by atoms with Crippen LogP contribution in [0.1, 0.15) is 32.0 Å². The fourth-order valence-electron chi connectivity index (χ4n) is 3.44. The van der Waals surface area contributed by atoms with Gasteiger partial charge in [0.25, 0.3) is 11.4 Å². The van der Waals surface area contributed by atoms with E-state index in [0.717, 1.165) is 16.7 Å². The first-order valence-electron chi connectivity index (χ1n) is 10.1. The summed E-state index contributed by atoms with van der Waals surface area (Å²) in [6.07, 6.45) is 2.12. The molecule has 32 heavy (non-hydrogen) atoms. The van der Waals surface area contributed by atoms with E-state index < -0.39 is 22.9 Å². The van der Waals surface area contributed by atoms with Gasteiger partial charge in [0.1, 0.15) is 11.6 Å². The zero-order valence-electron chi connectivity index (χ0n) is 17.1. The first kappa shape index (κ1) is 21.9. The number of aromatic amines is 1. The molecule has 168 valence electrons. The highest BCUT2D eigenvalue weighted by molar-refractivity contribution is 6.28. The van der Waals surface area contributed by atoms with Crippen LogP contribution in [0.3, 0.4) is 0 Å². The lowest BCUT2D eigenvalue weighted by molar-refractivity contribution is 0.418. The molecule has 0 radical (unpaired) electrons. The second-order valence-electron chi connectivity index (χ2n) is 7.21. The number of nitrogens with one attached hydrogen (secondary N) is 1. The Labute approximate surface area is 184 Å². The van der Waals surface area contributed by atoms with Crippen LogP contribution >= 0.6 is 11.6 Å². The molecule has 1 N–H and O–H groups in total. The molecule has 0 saturated heterocycles. The number of benzene rings is 1. The number of halogens is 3. The lowest BCUT2D eigenvalue weighted by atomic mass is 10.2. The molecular formula is C20H19ClF2N6O3. The van der Waals surface area contributed by atoms with E-state index in [1.807, 2.05) is 6.92 Å². The Morgan fingerprint density at radius 2 is 1.94 bits per heavy atom. The van der Waals surface area contributed by atoms with E-state index in [0.29, 0.717) is 38.1 Å². The molecule has 0 fully saturated rings. The molecule has 0 atom stereocenters. The first-order chi connectivity index (χ1) is 15.4. The summed E-state index contributed by atoms with van der Waals surface area (Å²) in [6, 6.07) is 3.08. The SMILES string of the molecule is CCCn1c(=O)n(CCCCc2noc(-c3ccc(F)cc3F)n2)c(=O)c2[nH]c(Cl)nc21. The van der Waals surface area contributed by atoms with Crippen molar-refractivity contribution in [3.8, 4) is 11.5 Å². The third kappa shape index (κ3) is 4.20. The maximum absolute atomic E-state index is 13.9. The number of nitrogens with zero attached hydrogens (tertiary/aromatic N) is 5. The minimum absolute atomic E-state index is 0.0136. The predicted molar refractivity (Wildman–Crippen MR) is 113 cm³/mol.